The van der Waals surface area contributed by atoms with Crippen LogP contribution in [0.25, 0.3) is 80.7 Å². The van der Waals surface area contributed by atoms with E-state index in [2.05, 4.69) is 141 Å². The van der Waals surface area contributed by atoms with Gasteiger partial charge in [0.2, 0.25) is 0 Å². The van der Waals surface area contributed by atoms with Gasteiger partial charge in [-0.15, -0.1) is 11.3 Å². The highest BCUT2D eigenvalue weighted by Crippen LogP contribution is 2.43. The van der Waals surface area contributed by atoms with Crippen molar-refractivity contribution in [2.75, 3.05) is 0 Å². The molecule has 1 saturated heterocycles. The van der Waals surface area contributed by atoms with Crippen LogP contribution >= 0.6 is 11.3 Å². The zero-order chi connectivity index (χ0) is 32.4. The number of rotatable bonds is 3. The molecule has 0 atom stereocenters. The first-order valence-electron chi connectivity index (χ1n) is 16.5. The van der Waals surface area contributed by atoms with Gasteiger partial charge in [0.15, 0.2) is 0 Å². The second-order valence-electron chi connectivity index (χ2n) is 14.0. The minimum atomic E-state index is -0.448. The Bertz CT molecular complexity index is 2750. The van der Waals surface area contributed by atoms with Crippen LogP contribution in [-0.2, 0) is 9.31 Å². The summed E-state index contributed by atoms with van der Waals surface area (Å²) in [6.45, 7) is 8.42. The molecule has 3 aromatic heterocycles. The molecule has 1 aliphatic rings. The molecular weight excluding hydrogens is 609 g/mol. The third-order valence-electron chi connectivity index (χ3n) is 10.7. The summed E-state index contributed by atoms with van der Waals surface area (Å²) in [4.78, 5) is 0. The number of thiophene rings is 1. The van der Waals surface area contributed by atoms with Crippen LogP contribution < -0.4 is 5.46 Å². The molecule has 4 heterocycles. The van der Waals surface area contributed by atoms with Gasteiger partial charge in [-0.1, -0.05) is 84.9 Å². The van der Waals surface area contributed by atoms with E-state index in [0.717, 1.165) is 54.9 Å². The van der Waals surface area contributed by atoms with Crippen molar-refractivity contribution in [2.45, 2.75) is 38.9 Å². The Balaban J connectivity index is 1.25. The van der Waals surface area contributed by atoms with E-state index in [1.165, 1.54) is 31.2 Å². The fraction of sp³-hybridized carbons (Fsp3) is 0.143. The molecule has 232 valence electrons. The number of benzene rings is 6. The van der Waals surface area contributed by atoms with Crippen molar-refractivity contribution in [1.29, 1.82) is 0 Å². The second-order valence-corrected chi connectivity index (χ2v) is 15.0. The van der Waals surface area contributed by atoms with Gasteiger partial charge in [0, 0.05) is 42.6 Å². The molecule has 0 amide bonds. The van der Waals surface area contributed by atoms with Gasteiger partial charge in [0.25, 0.3) is 0 Å². The summed E-state index contributed by atoms with van der Waals surface area (Å²) in [5, 5.41) is 7.18. The van der Waals surface area contributed by atoms with Crippen molar-refractivity contribution < 1.29 is 13.7 Å². The van der Waals surface area contributed by atoms with E-state index in [1.54, 1.807) is 0 Å². The molecule has 6 aromatic carbocycles. The normalized spacial score (nSPS) is 16.0. The SMILES string of the molecule is CC1(C)OB(c2ccc3c(c2)c2cc(-c4cccc5c4oc4ccccc45)ccc2n3-c2cccc3c2sc2ccccc23)OC1(C)C. The molecule has 0 aliphatic carbocycles. The fourth-order valence-corrected chi connectivity index (χ4v) is 8.68. The largest absolute Gasteiger partial charge is 0.494 e. The Kier molecular flexibility index (Phi) is 5.77. The maximum atomic E-state index is 6.52. The van der Waals surface area contributed by atoms with E-state index >= 15 is 0 Å². The zero-order valence-electron chi connectivity index (χ0n) is 27.2. The van der Waals surface area contributed by atoms with Crippen molar-refractivity contribution in [1.82, 2.24) is 4.57 Å². The predicted molar refractivity (Wildman–Crippen MR) is 202 cm³/mol. The topological polar surface area (TPSA) is 36.5 Å². The third-order valence-corrected chi connectivity index (χ3v) is 11.9. The Morgan fingerprint density at radius 2 is 1.25 bits per heavy atom. The number of furan rings is 1. The molecule has 1 fully saturated rings. The van der Waals surface area contributed by atoms with E-state index in [4.69, 9.17) is 13.7 Å². The monoisotopic (exact) mass is 641 g/mol. The summed E-state index contributed by atoms with van der Waals surface area (Å²) in [7, 11) is -0.448. The number of nitrogens with zero attached hydrogens (tertiary/aromatic N) is 1. The molecule has 0 unspecified atom stereocenters. The number of hydrogen-bond donors (Lipinski definition) is 0. The van der Waals surface area contributed by atoms with Crippen molar-refractivity contribution in [3.05, 3.63) is 121 Å². The Hall–Kier alpha value is -4.88. The molecule has 0 spiro atoms. The highest BCUT2D eigenvalue weighted by molar-refractivity contribution is 7.26. The summed E-state index contributed by atoms with van der Waals surface area (Å²) in [6, 6.07) is 43.6. The lowest BCUT2D eigenvalue weighted by molar-refractivity contribution is 0.00578. The molecule has 9 aromatic rings. The molecule has 0 bridgehead atoms. The summed E-state index contributed by atoms with van der Waals surface area (Å²) in [5.41, 5.74) is 7.68. The summed E-state index contributed by atoms with van der Waals surface area (Å²) < 4.78 is 24.5. The molecule has 48 heavy (non-hydrogen) atoms. The molecule has 6 heteroatoms. The quantitative estimate of drug-likeness (QED) is 0.180. The molecule has 10 rings (SSSR count). The van der Waals surface area contributed by atoms with E-state index < -0.39 is 18.3 Å². The lowest BCUT2D eigenvalue weighted by Crippen LogP contribution is -2.41. The summed E-state index contributed by atoms with van der Waals surface area (Å²) in [6.07, 6.45) is 0. The standard InChI is InChI=1S/C42H32BNO3S/c1-41(2)42(3,4)47-43(46-41)26-20-22-35-33(24-26)32-23-25(27-13-9-14-30-28-11-5-7-17-37(28)45-39(27)30)19-21-34(32)44(35)36-16-10-15-31-29-12-6-8-18-38(29)48-40(31)36/h5-24H,1-4H3. The van der Waals surface area contributed by atoms with Crippen LogP contribution in [0.3, 0.4) is 0 Å². The lowest BCUT2D eigenvalue weighted by atomic mass is 9.78. The Morgan fingerprint density at radius 3 is 2.08 bits per heavy atom. The number of para-hydroxylation sites is 2. The Morgan fingerprint density at radius 1 is 0.583 bits per heavy atom. The van der Waals surface area contributed by atoms with Gasteiger partial charge in [-0.05, 0) is 75.1 Å². The van der Waals surface area contributed by atoms with Crippen molar-refractivity contribution >= 4 is 87.8 Å². The first-order chi connectivity index (χ1) is 23.3. The van der Waals surface area contributed by atoms with Gasteiger partial charge in [-0.25, -0.2) is 0 Å². The van der Waals surface area contributed by atoms with Crippen LogP contribution in [0.5, 0.6) is 0 Å². The summed E-state index contributed by atoms with van der Waals surface area (Å²) in [5.74, 6) is 0. The van der Waals surface area contributed by atoms with Crippen LogP contribution in [0.2, 0.25) is 0 Å². The Labute approximate surface area is 282 Å². The van der Waals surface area contributed by atoms with Crippen LogP contribution in [0.1, 0.15) is 27.7 Å². The molecule has 0 N–H and O–H groups in total. The smallest absolute Gasteiger partial charge is 0.455 e. The predicted octanol–water partition coefficient (Wildman–Crippen LogP) is 11.0. The zero-order valence-corrected chi connectivity index (χ0v) is 28.0. The van der Waals surface area contributed by atoms with Gasteiger partial charge in [-0.3, -0.25) is 0 Å². The number of fused-ring (bicyclic) bond motifs is 9. The van der Waals surface area contributed by atoms with Gasteiger partial charge in [0.05, 0.1) is 32.6 Å². The average Bonchev–Trinajstić information content (AvgIpc) is 3.81. The molecule has 0 saturated carbocycles. The first kappa shape index (κ1) is 28.2. The van der Waals surface area contributed by atoms with Crippen LogP contribution in [0, 0.1) is 0 Å². The molecule has 4 nitrogen and oxygen atoms in total. The molecular formula is C42H32BNO3S. The third kappa shape index (κ3) is 3.91. The van der Waals surface area contributed by atoms with Crippen LogP contribution in [0.15, 0.2) is 126 Å². The van der Waals surface area contributed by atoms with E-state index in [0.29, 0.717) is 0 Å². The minimum absolute atomic E-state index is 0.421. The minimum Gasteiger partial charge on any atom is -0.455 e. The van der Waals surface area contributed by atoms with E-state index in [-0.39, 0.29) is 0 Å². The van der Waals surface area contributed by atoms with E-state index in [1.807, 2.05) is 23.5 Å². The van der Waals surface area contributed by atoms with Crippen LogP contribution in [-0.4, -0.2) is 22.9 Å². The highest BCUT2D eigenvalue weighted by Gasteiger charge is 2.51. The van der Waals surface area contributed by atoms with E-state index in [9.17, 15) is 0 Å². The second kappa shape index (κ2) is 9.83. The van der Waals surface area contributed by atoms with Gasteiger partial charge < -0.3 is 18.3 Å². The maximum absolute atomic E-state index is 6.52. The highest BCUT2D eigenvalue weighted by atomic mass is 32.1. The lowest BCUT2D eigenvalue weighted by Gasteiger charge is -2.32. The van der Waals surface area contributed by atoms with Gasteiger partial charge in [0.1, 0.15) is 11.2 Å². The fourth-order valence-electron chi connectivity index (χ4n) is 7.48. The van der Waals surface area contributed by atoms with Gasteiger partial charge in [-0.2, -0.15) is 0 Å². The van der Waals surface area contributed by atoms with Crippen molar-refractivity contribution in [2.24, 2.45) is 0 Å². The maximum Gasteiger partial charge on any atom is 0.494 e. The van der Waals surface area contributed by atoms with Gasteiger partial charge >= 0.3 is 7.12 Å². The average molecular weight is 642 g/mol. The number of hydrogen-bond acceptors (Lipinski definition) is 4. The number of aromatic nitrogens is 1. The first-order valence-corrected chi connectivity index (χ1v) is 17.3. The van der Waals surface area contributed by atoms with Crippen molar-refractivity contribution in [3.8, 4) is 16.8 Å². The van der Waals surface area contributed by atoms with Crippen molar-refractivity contribution in [3.63, 3.8) is 0 Å². The molecule has 0 radical (unpaired) electrons. The molecule has 1 aliphatic heterocycles. The summed E-state index contributed by atoms with van der Waals surface area (Å²) >= 11 is 1.86. The van der Waals surface area contributed by atoms with Crippen LogP contribution in [0.4, 0.5) is 0 Å².